The molecule has 0 radical (unpaired) electrons. The Morgan fingerprint density at radius 2 is 1.81 bits per heavy atom. The van der Waals surface area contributed by atoms with Gasteiger partial charge in [-0.25, -0.2) is 4.79 Å². The van der Waals surface area contributed by atoms with Gasteiger partial charge in [-0.1, -0.05) is 28.1 Å². The van der Waals surface area contributed by atoms with Crippen LogP contribution in [-0.2, 0) is 4.74 Å². The Morgan fingerprint density at radius 1 is 1.12 bits per heavy atom. The minimum Gasteiger partial charge on any atom is -0.496 e. The van der Waals surface area contributed by atoms with Crippen LogP contribution in [0, 0.1) is 6.92 Å². The first-order chi connectivity index (χ1) is 12.4. The van der Waals surface area contributed by atoms with Crippen molar-refractivity contribution in [1.29, 1.82) is 0 Å². The lowest BCUT2D eigenvalue weighted by molar-refractivity contribution is 0.0602. The smallest absolute Gasteiger partial charge is 0.339 e. The SMILES string of the molecule is COC(=O)c1ccccc1NC(=S)NC(=O)c1cc(Br)cc(C)c1OC. The van der Waals surface area contributed by atoms with Crippen LogP contribution < -0.4 is 15.4 Å². The monoisotopic (exact) mass is 436 g/mol. The molecule has 0 spiro atoms. The molecule has 0 unspecified atom stereocenters. The molecule has 8 heteroatoms. The Hall–Kier alpha value is -2.45. The summed E-state index contributed by atoms with van der Waals surface area (Å²) in [6.45, 7) is 1.84. The fourth-order valence-corrected chi connectivity index (χ4v) is 3.15. The number of methoxy groups -OCH3 is 2. The number of halogens is 1. The number of para-hydroxylation sites is 1. The number of hydrogen-bond donors (Lipinski definition) is 2. The molecule has 2 rings (SSSR count). The summed E-state index contributed by atoms with van der Waals surface area (Å²) in [5.74, 6) is -0.478. The minimum absolute atomic E-state index is 0.0473. The third-order valence-electron chi connectivity index (χ3n) is 3.50. The van der Waals surface area contributed by atoms with E-state index < -0.39 is 11.9 Å². The maximum Gasteiger partial charge on any atom is 0.339 e. The lowest BCUT2D eigenvalue weighted by atomic mass is 10.1. The number of amides is 1. The molecule has 2 aromatic rings. The van der Waals surface area contributed by atoms with Crippen molar-refractivity contribution < 1.29 is 19.1 Å². The summed E-state index contributed by atoms with van der Waals surface area (Å²) in [5.41, 5.74) is 1.89. The number of carbonyl (C=O) groups excluding carboxylic acids is 2. The Morgan fingerprint density at radius 3 is 2.46 bits per heavy atom. The Kier molecular flexibility index (Phi) is 6.70. The molecular formula is C18H17BrN2O4S. The fourth-order valence-electron chi connectivity index (χ4n) is 2.37. The highest BCUT2D eigenvalue weighted by molar-refractivity contribution is 9.10. The number of esters is 1. The second-order valence-corrected chi connectivity index (χ2v) is 6.57. The first-order valence-electron chi connectivity index (χ1n) is 7.51. The van der Waals surface area contributed by atoms with Gasteiger partial charge in [0.2, 0.25) is 0 Å². The number of aryl methyl sites for hydroxylation is 1. The average molecular weight is 437 g/mol. The van der Waals surface area contributed by atoms with Crippen LogP contribution in [-0.4, -0.2) is 31.2 Å². The number of benzene rings is 2. The van der Waals surface area contributed by atoms with E-state index in [2.05, 4.69) is 26.6 Å². The van der Waals surface area contributed by atoms with Crippen LogP contribution in [0.2, 0.25) is 0 Å². The summed E-state index contributed by atoms with van der Waals surface area (Å²) in [6, 6.07) is 10.2. The molecule has 0 aliphatic heterocycles. The van der Waals surface area contributed by atoms with Crippen LogP contribution in [0.3, 0.4) is 0 Å². The Labute approximate surface area is 165 Å². The first-order valence-corrected chi connectivity index (χ1v) is 8.71. The van der Waals surface area contributed by atoms with Crippen LogP contribution in [0.4, 0.5) is 5.69 Å². The van der Waals surface area contributed by atoms with E-state index in [0.29, 0.717) is 22.6 Å². The van der Waals surface area contributed by atoms with Crippen LogP contribution in [0.25, 0.3) is 0 Å². The minimum atomic E-state index is -0.508. The number of carbonyl (C=O) groups is 2. The predicted octanol–water partition coefficient (Wildman–Crippen LogP) is 3.68. The average Bonchev–Trinajstić information content (AvgIpc) is 2.60. The van der Waals surface area contributed by atoms with Crippen molar-refractivity contribution in [2.75, 3.05) is 19.5 Å². The maximum atomic E-state index is 12.6. The van der Waals surface area contributed by atoms with Gasteiger partial charge in [-0.2, -0.15) is 0 Å². The van der Waals surface area contributed by atoms with Gasteiger partial charge >= 0.3 is 5.97 Å². The largest absolute Gasteiger partial charge is 0.496 e. The molecule has 2 N–H and O–H groups in total. The van der Waals surface area contributed by atoms with Crippen molar-refractivity contribution in [1.82, 2.24) is 5.32 Å². The number of ether oxygens (including phenoxy) is 2. The molecule has 2 aromatic carbocycles. The molecule has 136 valence electrons. The normalized spacial score (nSPS) is 10.0. The Bertz CT molecular complexity index is 870. The van der Waals surface area contributed by atoms with E-state index in [-0.39, 0.29) is 5.11 Å². The predicted molar refractivity (Wildman–Crippen MR) is 107 cm³/mol. The molecule has 6 nitrogen and oxygen atoms in total. The van der Waals surface area contributed by atoms with Crippen molar-refractivity contribution >= 4 is 50.8 Å². The number of anilines is 1. The zero-order valence-electron chi connectivity index (χ0n) is 14.4. The van der Waals surface area contributed by atoms with Gasteiger partial charge in [0.25, 0.3) is 5.91 Å². The lowest BCUT2D eigenvalue weighted by Gasteiger charge is -2.15. The summed E-state index contributed by atoms with van der Waals surface area (Å²) >= 11 is 8.55. The van der Waals surface area contributed by atoms with Gasteiger partial charge < -0.3 is 14.8 Å². The molecule has 26 heavy (non-hydrogen) atoms. The molecule has 0 aliphatic carbocycles. The fraction of sp³-hybridized carbons (Fsp3) is 0.167. The highest BCUT2D eigenvalue weighted by Gasteiger charge is 2.18. The van der Waals surface area contributed by atoms with Gasteiger partial charge in [-0.15, -0.1) is 0 Å². The van der Waals surface area contributed by atoms with Gasteiger partial charge in [0.05, 0.1) is 31.0 Å². The maximum absolute atomic E-state index is 12.6. The topological polar surface area (TPSA) is 76.7 Å². The van der Waals surface area contributed by atoms with E-state index in [1.165, 1.54) is 14.2 Å². The summed E-state index contributed by atoms with van der Waals surface area (Å²) in [7, 11) is 2.79. The molecule has 1 amide bonds. The first kappa shape index (κ1) is 19.9. The molecule has 0 aliphatic rings. The molecular weight excluding hydrogens is 420 g/mol. The molecule has 0 atom stereocenters. The molecule has 0 saturated heterocycles. The van der Waals surface area contributed by atoms with Crippen molar-refractivity contribution in [3.05, 3.63) is 57.6 Å². The zero-order valence-corrected chi connectivity index (χ0v) is 16.8. The molecule has 0 saturated carbocycles. The van der Waals surface area contributed by atoms with Crippen molar-refractivity contribution in [3.8, 4) is 5.75 Å². The quantitative estimate of drug-likeness (QED) is 0.562. The van der Waals surface area contributed by atoms with Crippen molar-refractivity contribution in [2.45, 2.75) is 6.92 Å². The van der Waals surface area contributed by atoms with Crippen molar-refractivity contribution in [3.63, 3.8) is 0 Å². The molecule has 0 bridgehead atoms. The van der Waals surface area contributed by atoms with Gasteiger partial charge in [0, 0.05) is 4.47 Å². The number of thiocarbonyl (C=S) groups is 1. The highest BCUT2D eigenvalue weighted by atomic mass is 79.9. The van der Waals surface area contributed by atoms with E-state index in [4.69, 9.17) is 21.7 Å². The summed E-state index contributed by atoms with van der Waals surface area (Å²) < 4.78 is 10.8. The standard InChI is InChI=1S/C18H17BrN2O4S/c1-10-8-11(19)9-13(15(10)24-2)16(22)21-18(26)20-14-7-5-4-6-12(14)17(23)25-3/h4-9H,1-3H3,(H2,20,21,22,26). The van der Waals surface area contributed by atoms with Gasteiger partial charge in [-0.05, 0) is 49.0 Å². The summed E-state index contributed by atoms with van der Waals surface area (Å²) in [6.07, 6.45) is 0. The second kappa shape index (κ2) is 8.77. The highest BCUT2D eigenvalue weighted by Crippen LogP contribution is 2.27. The van der Waals surface area contributed by atoms with E-state index >= 15 is 0 Å². The summed E-state index contributed by atoms with van der Waals surface area (Å²) in [4.78, 5) is 24.4. The zero-order chi connectivity index (χ0) is 19.3. The number of rotatable bonds is 4. The Balaban J connectivity index is 2.19. The molecule has 0 fully saturated rings. The van der Waals surface area contributed by atoms with Crippen LogP contribution >= 0.6 is 28.1 Å². The lowest BCUT2D eigenvalue weighted by Crippen LogP contribution is -2.34. The molecule has 0 aromatic heterocycles. The third kappa shape index (κ3) is 4.59. The number of nitrogens with one attached hydrogen (secondary N) is 2. The second-order valence-electron chi connectivity index (χ2n) is 5.25. The number of hydrogen-bond acceptors (Lipinski definition) is 5. The van der Waals surface area contributed by atoms with Crippen LogP contribution in [0.1, 0.15) is 26.3 Å². The van der Waals surface area contributed by atoms with Gasteiger partial charge in [0.1, 0.15) is 5.75 Å². The third-order valence-corrected chi connectivity index (χ3v) is 4.16. The van der Waals surface area contributed by atoms with Gasteiger partial charge in [-0.3, -0.25) is 10.1 Å². The van der Waals surface area contributed by atoms with Crippen LogP contribution in [0.15, 0.2) is 40.9 Å². The molecule has 0 heterocycles. The van der Waals surface area contributed by atoms with E-state index in [0.717, 1.165) is 10.0 Å². The van der Waals surface area contributed by atoms with Gasteiger partial charge in [0.15, 0.2) is 5.11 Å². The summed E-state index contributed by atoms with van der Waals surface area (Å²) in [5, 5.41) is 5.47. The van der Waals surface area contributed by atoms with E-state index in [1.54, 1.807) is 30.3 Å². The van der Waals surface area contributed by atoms with Crippen molar-refractivity contribution in [2.24, 2.45) is 0 Å². The van der Waals surface area contributed by atoms with Crippen LogP contribution in [0.5, 0.6) is 5.75 Å². The van der Waals surface area contributed by atoms with E-state index in [9.17, 15) is 9.59 Å². The van der Waals surface area contributed by atoms with E-state index in [1.807, 2.05) is 13.0 Å².